The number of rotatable bonds is 4. The Balaban J connectivity index is 1.42. The van der Waals surface area contributed by atoms with Gasteiger partial charge in [-0.3, -0.25) is 0 Å². The van der Waals surface area contributed by atoms with Crippen LogP contribution in [-0.2, 0) is 0 Å². The predicted molar refractivity (Wildman–Crippen MR) is 101 cm³/mol. The molecule has 1 N–H and O–H groups in total. The van der Waals surface area contributed by atoms with Gasteiger partial charge < -0.3 is 20.0 Å². The van der Waals surface area contributed by atoms with E-state index in [1.54, 1.807) is 6.20 Å². The fourth-order valence-corrected chi connectivity index (χ4v) is 3.40. The van der Waals surface area contributed by atoms with Gasteiger partial charge in [0.05, 0.1) is 6.20 Å². The second-order valence-electron chi connectivity index (χ2n) is 6.79. The molecule has 0 unspecified atom stereocenters. The van der Waals surface area contributed by atoms with Crippen molar-refractivity contribution in [3.63, 3.8) is 0 Å². The van der Waals surface area contributed by atoms with E-state index in [1.165, 1.54) is 18.5 Å². The Bertz CT molecular complexity index is 689. The summed E-state index contributed by atoms with van der Waals surface area (Å²) >= 11 is 0. The van der Waals surface area contributed by atoms with Gasteiger partial charge in [0, 0.05) is 50.6 Å². The largest absolute Gasteiger partial charge is 0.369 e. The maximum atomic E-state index is 4.60. The van der Waals surface area contributed by atoms with Crippen LogP contribution in [0.2, 0.25) is 0 Å². The second-order valence-corrected chi connectivity index (χ2v) is 6.79. The molecule has 132 valence electrons. The van der Waals surface area contributed by atoms with Crippen LogP contribution in [0.25, 0.3) is 0 Å². The molecular weight excluding hydrogens is 314 g/mol. The lowest BCUT2D eigenvalue weighted by Gasteiger charge is -2.34. The highest BCUT2D eigenvalue weighted by Crippen LogP contribution is 2.22. The minimum atomic E-state index is 0.553. The molecule has 25 heavy (non-hydrogen) atoms. The summed E-state index contributed by atoms with van der Waals surface area (Å²) in [4.78, 5) is 11.6. The lowest BCUT2D eigenvalue weighted by Crippen LogP contribution is -2.44. The number of piperazine rings is 1. The quantitative estimate of drug-likeness (QED) is 0.914. The first-order chi connectivity index (χ1) is 12.3. The molecule has 1 aromatic heterocycles. The van der Waals surface area contributed by atoms with Crippen LogP contribution in [0.15, 0.2) is 30.5 Å². The Hall–Kier alpha value is -2.41. The first kappa shape index (κ1) is 16.1. The minimum Gasteiger partial charge on any atom is -0.369 e. The molecule has 0 atom stereocenters. The number of aromatic nitrogens is 3. The van der Waals surface area contributed by atoms with Crippen molar-refractivity contribution in [3.8, 4) is 0 Å². The fraction of sp³-hybridized carbons (Fsp3) is 0.500. The van der Waals surface area contributed by atoms with Gasteiger partial charge in [0.15, 0.2) is 5.82 Å². The monoisotopic (exact) mass is 339 g/mol. The summed E-state index contributed by atoms with van der Waals surface area (Å²) in [5.41, 5.74) is 2.25. The van der Waals surface area contributed by atoms with E-state index in [1.807, 2.05) is 0 Å². The number of hydrogen-bond donors (Lipinski definition) is 1. The van der Waals surface area contributed by atoms with Crippen LogP contribution in [0, 0.1) is 0 Å². The molecule has 3 heterocycles. The maximum absolute atomic E-state index is 4.60. The standard InChI is InChI=1S/C18H25N7/c1-23-10-12-24(13-11-23)16-6-4-15(5-7-16)20-18-21-17(14-19-22-18)25-8-2-3-9-25/h4-7,14H,2-3,8-13H2,1H3,(H,20,21,22). The van der Waals surface area contributed by atoms with Gasteiger partial charge in [-0.1, -0.05) is 0 Å². The van der Waals surface area contributed by atoms with Crippen LogP contribution in [0.3, 0.4) is 0 Å². The predicted octanol–water partition coefficient (Wildman–Crippen LogP) is 1.97. The third-order valence-corrected chi connectivity index (χ3v) is 4.97. The first-order valence-corrected chi connectivity index (χ1v) is 9.03. The zero-order valence-electron chi connectivity index (χ0n) is 14.7. The zero-order chi connectivity index (χ0) is 17.1. The van der Waals surface area contributed by atoms with E-state index in [0.717, 1.165) is 50.8 Å². The molecule has 2 aliphatic heterocycles. The average Bonchev–Trinajstić information content (AvgIpc) is 3.18. The number of nitrogens with zero attached hydrogens (tertiary/aromatic N) is 6. The van der Waals surface area contributed by atoms with E-state index in [4.69, 9.17) is 0 Å². The van der Waals surface area contributed by atoms with Crippen molar-refractivity contribution in [3.05, 3.63) is 30.5 Å². The molecule has 7 heteroatoms. The van der Waals surface area contributed by atoms with E-state index in [2.05, 4.69) is 66.5 Å². The average molecular weight is 339 g/mol. The molecule has 0 saturated carbocycles. The van der Waals surface area contributed by atoms with Gasteiger partial charge in [-0.15, -0.1) is 5.10 Å². The van der Waals surface area contributed by atoms with Crippen LogP contribution in [-0.4, -0.2) is 66.4 Å². The zero-order valence-corrected chi connectivity index (χ0v) is 14.7. The van der Waals surface area contributed by atoms with Crippen LogP contribution in [0.5, 0.6) is 0 Å². The van der Waals surface area contributed by atoms with Crippen molar-refractivity contribution in [2.45, 2.75) is 12.8 Å². The minimum absolute atomic E-state index is 0.553. The fourth-order valence-electron chi connectivity index (χ4n) is 3.40. The van der Waals surface area contributed by atoms with E-state index in [9.17, 15) is 0 Å². The van der Waals surface area contributed by atoms with Gasteiger partial charge in [-0.25, -0.2) is 0 Å². The number of hydrogen-bond acceptors (Lipinski definition) is 7. The van der Waals surface area contributed by atoms with Gasteiger partial charge >= 0.3 is 0 Å². The summed E-state index contributed by atoms with van der Waals surface area (Å²) in [5.74, 6) is 1.46. The third kappa shape index (κ3) is 3.82. The molecule has 2 fully saturated rings. The van der Waals surface area contributed by atoms with E-state index in [0.29, 0.717) is 5.95 Å². The lowest BCUT2D eigenvalue weighted by molar-refractivity contribution is 0.313. The van der Waals surface area contributed by atoms with Crippen molar-refractivity contribution >= 4 is 23.1 Å². The highest BCUT2D eigenvalue weighted by Gasteiger charge is 2.16. The van der Waals surface area contributed by atoms with Crippen molar-refractivity contribution in [1.29, 1.82) is 0 Å². The van der Waals surface area contributed by atoms with Crippen molar-refractivity contribution in [2.24, 2.45) is 0 Å². The Morgan fingerprint density at radius 3 is 2.32 bits per heavy atom. The van der Waals surface area contributed by atoms with Crippen molar-refractivity contribution in [2.75, 3.05) is 61.4 Å². The molecule has 2 saturated heterocycles. The Kier molecular flexibility index (Phi) is 4.65. The van der Waals surface area contributed by atoms with Crippen molar-refractivity contribution < 1.29 is 0 Å². The summed E-state index contributed by atoms with van der Waals surface area (Å²) < 4.78 is 0. The Morgan fingerprint density at radius 2 is 1.60 bits per heavy atom. The normalized spacial score (nSPS) is 18.6. The molecule has 0 aliphatic carbocycles. The first-order valence-electron chi connectivity index (χ1n) is 9.03. The molecular formula is C18H25N7. The summed E-state index contributed by atoms with van der Waals surface area (Å²) in [6.45, 7) is 6.49. The number of nitrogens with one attached hydrogen (secondary N) is 1. The van der Waals surface area contributed by atoms with E-state index >= 15 is 0 Å². The third-order valence-electron chi connectivity index (χ3n) is 4.97. The smallest absolute Gasteiger partial charge is 0.249 e. The summed E-state index contributed by atoms with van der Waals surface area (Å²) in [7, 11) is 2.18. The van der Waals surface area contributed by atoms with Crippen LogP contribution >= 0.6 is 0 Å². The van der Waals surface area contributed by atoms with Gasteiger partial charge in [-0.05, 0) is 44.2 Å². The lowest BCUT2D eigenvalue weighted by atomic mass is 10.2. The van der Waals surface area contributed by atoms with Gasteiger partial charge in [-0.2, -0.15) is 10.1 Å². The maximum Gasteiger partial charge on any atom is 0.249 e. The Morgan fingerprint density at radius 1 is 0.880 bits per heavy atom. The van der Waals surface area contributed by atoms with E-state index < -0.39 is 0 Å². The molecule has 0 amide bonds. The molecule has 0 spiro atoms. The second kappa shape index (κ2) is 7.23. The topological polar surface area (TPSA) is 60.4 Å². The van der Waals surface area contributed by atoms with Crippen LogP contribution in [0.4, 0.5) is 23.1 Å². The van der Waals surface area contributed by atoms with Crippen LogP contribution in [0.1, 0.15) is 12.8 Å². The van der Waals surface area contributed by atoms with Crippen molar-refractivity contribution in [1.82, 2.24) is 20.1 Å². The molecule has 1 aromatic carbocycles. The molecule has 0 radical (unpaired) electrons. The molecule has 0 bridgehead atoms. The number of benzene rings is 1. The molecule has 4 rings (SSSR count). The number of anilines is 4. The summed E-state index contributed by atoms with van der Waals surface area (Å²) in [6.07, 6.45) is 4.19. The highest BCUT2D eigenvalue weighted by atomic mass is 15.3. The van der Waals surface area contributed by atoms with E-state index in [-0.39, 0.29) is 0 Å². The molecule has 2 aliphatic rings. The summed E-state index contributed by atoms with van der Waals surface area (Å²) in [5, 5.41) is 11.5. The van der Waals surface area contributed by atoms with Crippen LogP contribution < -0.4 is 15.1 Å². The molecule has 2 aromatic rings. The Labute approximate surface area is 148 Å². The van der Waals surface area contributed by atoms with Gasteiger partial charge in [0.25, 0.3) is 0 Å². The van der Waals surface area contributed by atoms with Gasteiger partial charge in [0.1, 0.15) is 0 Å². The SMILES string of the molecule is CN1CCN(c2ccc(Nc3nncc(N4CCCC4)n3)cc2)CC1. The number of likely N-dealkylation sites (N-methyl/N-ethyl adjacent to an activating group) is 1. The van der Waals surface area contributed by atoms with Gasteiger partial charge in [0.2, 0.25) is 5.95 Å². The molecule has 7 nitrogen and oxygen atoms in total. The summed E-state index contributed by atoms with van der Waals surface area (Å²) in [6, 6.07) is 8.48. The highest BCUT2D eigenvalue weighted by molar-refractivity contribution is 5.60.